The van der Waals surface area contributed by atoms with Gasteiger partial charge in [0.15, 0.2) is 12.1 Å². The number of carboxylic acid groups (broad SMARTS) is 1. The molecule has 280 valence electrons. The highest BCUT2D eigenvalue weighted by Gasteiger charge is 2.31. The largest absolute Gasteiger partial charge is 0.477 e. The number of likely N-dealkylation sites (N-methyl/N-ethyl adjacent to an activating group) is 1. The second kappa shape index (κ2) is 32.0. The van der Waals surface area contributed by atoms with Crippen LogP contribution in [0.2, 0.25) is 0 Å². The molecule has 0 bridgehead atoms. The molecule has 0 spiro atoms. The van der Waals surface area contributed by atoms with Gasteiger partial charge in [-0.25, -0.2) is 4.79 Å². The van der Waals surface area contributed by atoms with Gasteiger partial charge in [-0.1, -0.05) is 128 Å². The highest BCUT2D eigenvalue weighted by molar-refractivity contribution is 5.72. The number of esters is 2. The van der Waals surface area contributed by atoms with Crippen LogP contribution in [-0.2, 0) is 28.6 Å². The molecule has 0 fully saturated rings. The van der Waals surface area contributed by atoms with Crippen LogP contribution in [0.5, 0.6) is 0 Å². The van der Waals surface area contributed by atoms with Crippen LogP contribution in [0.4, 0.5) is 0 Å². The number of hydrogen-bond donors (Lipinski definition) is 1. The number of quaternary nitrogens is 1. The molecule has 8 heteroatoms. The Morgan fingerprint density at radius 1 is 0.646 bits per heavy atom. The Morgan fingerprint density at radius 2 is 1.17 bits per heavy atom. The summed E-state index contributed by atoms with van der Waals surface area (Å²) < 4.78 is 17.1. The Labute approximate surface area is 294 Å². The predicted molar refractivity (Wildman–Crippen MR) is 197 cm³/mol. The SMILES string of the molecule is CC/C=C/C/C=C/CCCCC(=O)OCC(COCCC(C(=O)O)[N+](C)(C)C)OC(=O)CCCCCCCCCCCCCCCCC. The number of allylic oxidation sites excluding steroid dienone is 4. The molecular formula is C40H74NO7+. The second-order valence-electron chi connectivity index (χ2n) is 14.2. The van der Waals surface area contributed by atoms with E-state index in [1.54, 1.807) is 0 Å². The zero-order valence-corrected chi connectivity index (χ0v) is 31.7. The summed E-state index contributed by atoms with van der Waals surface area (Å²) in [7, 11) is 5.51. The van der Waals surface area contributed by atoms with Crippen molar-refractivity contribution in [3.63, 3.8) is 0 Å². The first kappa shape index (κ1) is 45.8. The Hall–Kier alpha value is -2.19. The van der Waals surface area contributed by atoms with Gasteiger partial charge in [-0.2, -0.15) is 0 Å². The average Bonchev–Trinajstić information content (AvgIpc) is 3.03. The van der Waals surface area contributed by atoms with Gasteiger partial charge in [0.25, 0.3) is 0 Å². The van der Waals surface area contributed by atoms with Gasteiger partial charge in [-0.05, 0) is 38.5 Å². The fourth-order valence-electron chi connectivity index (χ4n) is 5.60. The van der Waals surface area contributed by atoms with E-state index in [9.17, 15) is 19.5 Å². The minimum atomic E-state index is -0.879. The van der Waals surface area contributed by atoms with Gasteiger partial charge < -0.3 is 23.8 Å². The predicted octanol–water partition coefficient (Wildman–Crippen LogP) is 9.74. The molecule has 0 radical (unpaired) electrons. The maximum atomic E-state index is 12.6. The molecule has 0 aliphatic carbocycles. The zero-order valence-electron chi connectivity index (χ0n) is 31.7. The van der Waals surface area contributed by atoms with E-state index < -0.39 is 18.1 Å². The molecule has 0 amide bonds. The fraction of sp³-hybridized carbons (Fsp3) is 0.825. The highest BCUT2D eigenvalue weighted by atomic mass is 16.6. The first-order valence-electron chi connectivity index (χ1n) is 19.4. The number of carbonyl (C=O) groups is 3. The lowest BCUT2D eigenvalue weighted by molar-refractivity contribution is -0.887. The lowest BCUT2D eigenvalue weighted by Gasteiger charge is -2.31. The second-order valence-corrected chi connectivity index (χ2v) is 14.2. The summed E-state index contributed by atoms with van der Waals surface area (Å²) in [6.07, 6.45) is 32.3. The van der Waals surface area contributed by atoms with Crippen molar-refractivity contribution in [2.75, 3.05) is 41.0 Å². The molecule has 48 heavy (non-hydrogen) atoms. The van der Waals surface area contributed by atoms with Gasteiger partial charge in [0, 0.05) is 19.3 Å². The number of carbonyl (C=O) groups excluding carboxylic acids is 2. The summed E-state index contributed by atoms with van der Waals surface area (Å²) in [4.78, 5) is 36.7. The minimum Gasteiger partial charge on any atom is -0.477 e. The first-order valence-corrected chi connectivity index (χ1v) is 19.4. The quantitative estimate of drug-likeness (QED) is 0.0313. The van der Waals surface area contributed by atoms with E-state index in [1.807, 2.05) is 21.1 Å². The average molecular weight is 681 g/mol. The molecule has 0 saturated heterocycles. The van der Waals surface area contributed by atoms with E-state index in [2.05, 4.69) is 38.2 Å². The van der Waals surface area contributed by atoms with E-state index in [0.29, 0.717) is 19.3 Å². The lowest BCUT2D eigenvalue weighted by atomic mass is 10.0. The Bertz CT molecular complexity index is 849. The number of nitrogens with zero attached hydrogens (tertiary/aromatic N) is 1. The normalized spacial score (nSPS) is 13.3. The molecule has 0 aliphatic rings. The van der Waals surface area contributed by atoms with Gasteiger partial charge in [0.1, 0.15) is 6.61 Å². The van der Waals surface area contributed by atoms with Crippen molar-refractivity contribution in [2.45, 2.75) is 174 Å². The van der Waals surface area contributed by atoms with Crippen LogP contribution in [0, 0.1) is 0 Å². The first-order chi connectivity index (χ1) is 23.1. The van der Waals surface area contributed by atoms with Crippen LogP contribution in [0.25, 0.3) is 0 Å². The number of aliphatic carboxylic acids is 1. The molecule has 0 heterocycles. The molecule has 0 saturated carbocycles. The van der Waals surface area contributed by atoms with Crippen molar-refractivity contribution in [3.05, 3.63) is 24.3 Å². The fourth-order valence-corrected chi connectivity index (χ4v) is 5.60. The van der Waals surface area contributed by atoms with Crippen molar-refractivity contribution < 1.29 is 38.2 Å². The van der Waals surface area contributed by atoms with Gasteiger partial charge >= 0.3 is 17.9 Å². The van der Waals surface area contributed by atoms with Crippen molar-refractivity contribution in [3.8, 4) is 0 Å². The maximum Gasteiger partial charge on any atom is 0.362 e. The highest BCUT2D eigenvalue weighted by Crippen LogP contribution is 2.15. The summed E-state index contributed by atoms with van der Waals surface area (Å²) >= 11 is 0. The standard InChI is InChI=1S/C40H73NO7/c1-6-8-10-12-14-16-17-18-19-20-21-23-25-27-29-31-39(43)48-36(34-46-33-32-37(40(44)45)41(3,4)5)35-47-38(42)30-28-26-24-22-15-13-11-9-7-2/h9,11,15,22,36-37H,6-8,10,12-14,16-21,23-35H2,1-5H3/p+1/b11-9+,22-15+. The van der Waals surface area contributed by atoms with Crippen LogP contribution in [0.3, 0.4) is 0 Å². The molecular weight excluding hydrogens is 606 g/mol. The molecule has 1 N–H and O–H groups in total. The molecule has 0 aromatic rings. The summed E-state index contributed by atoms with van der Waals surface area (Å²) in [6, 6.07) is -0.614. The van der Waals surface area contributed by atoms with E-state index in [0.717, 1.165) is 51.4 Å². The molecule has 0 aromatic carbocycles. The van der Waals surface area contributed by atoms with Crippen LogP contribution in [0.15, 0.2) is 24.3 Å². The number of carboxylic acids is 1. The topological polar surface area (TPSA) is 99.1 Å². The van der Waals surface area contributed by atoms with Crippen molar-refractivity contribution in [2.24, 2.45) is 0 Å². The van der Waals surface area contributed by atoms with Gasteiger partial charge in [0.2, 0.25) is 0 Å². The van der Waals surface area contributed by atoms with Gasteiger partial charge in [-0.15, -0.1) is 0 Å². The molecule has 8 nitrogen and oxygen atoms in total. The maximum absolute atomic E-state index is 12.6. The lowest BCUT2D eigenvalue weighted by Crippen LogP contribution is -2.50. The Kier molecular flexibility index (Phi) is 30.6. The van der Waals surface area contributed by atoms with Crippen molar-refractivity contribution >= 4 is 17.9 Å². The molecule has 0 rings (SSSR count). The van der Waals surface area contributed by atoms with Crippen LogP contribution >= 0.6 is 0 Å². The Balaban J connectivity index is 4.39. The molecule has 0 aliphatic heterocycles. The van der Waals surface area contributed by atoms with E-state index in [1.165, 1.54) is 77.0 Å². The van der Waals surface area contributed by atoms with E-state index in [-0.39, 0.29) is 36.2 Å². The molecule has 0 aromatic heterocycles. The third-order valence-electron chi connectivity index (χ3n) is 8.62. The smallest absolute Gasteiger partial charge is 0.362 e. The Morgan fingerprint density at radius 3 is 1.71 bits per heavy atom. The summed E-state index contributed by atoms with van der Waals surface area (Å²) in [5.41, 5.74) is 0. The number of rotatable bonds is 34. The number of hydrogen-bond acceptors (Lipinski definition) is 6. The van der Waals surface area contributed by atoms with Gasteiger partial charge in [0.05, 0.1) is 34.4 Å². The van der Waals surface area contributed by atoms with Crippen molar-refractivity contribution in [1.29, 1.82) is 0 Å². The summed E-state index contributed by atoms with van der Waals surface area (Å²) in [5.74, 6) is -1.51. The monoisotopic (exact) mass is 681 g/mol. The third-order valence-corrected chi connectivity index (χ3v) is 8.62. The van der Waals surface area contributed by atoms with Crippen LogP contribution in [-0.4, -0.2) is 80.6 Å². The zero-order chi connectivity index (χ0) is 35.7. The summed E-state index contributed by atoms with van der Waals surface area (Å²) in [5, 5.41) is 9.57. The van der Waals surface area contributed by atoms with Crippen molar-refractivity contribution in [1.82, 2.24) is 0 Å². The minimum absolute atomic E-state index is 0.0542. The third kappa shape index (κ3) is 29.9. The number of ether oxygens (including phenoxy) is 3. The van der Waals surface area contributed by atoms with Gasteiger partial charge in [-0.3, -0.25) is 9.59 Å². The molecule has 2 atom stereocenters. The summed E-state index contributed by atoms with van der Waals surface area (Å²) in [6.45, 7) is 4.57. The van der Waals surface area contributed by atoms with Crippen LogP contribution in [0.1, 0.15) is 162 Å². The molecule has 2 unspecified atom stereocenters. The van der Waals surface area contributed by atoms with E-state index in [4.69, 9.17) is 14.2 Å². The van der Waals surface area contributed by atoms with E-state index >= 15 is 0 Å². The number of unbranched alkanes of at least 4 members (excludes halogenated alkanes) is 16. The van der Waals surface area contributed by atoms with Crippen LogP contribution < -0.4 is 0 Å².